The van der Waals surface area contributed by atoms with Crippen molar-refractivity contribution < 1.29 is 10.2 Å². The van der Waals surface area contributed by atoms with Crippen LogP contribution < -0.4 is 0 Å². The van der Waals surface area contributed by atoms with E-state index in [1.54, 1.807) is 6.07 Å². The van der Waals surface area contributed by atoms with Crippen LogP contribution in [0.5, 0.6) is 11.5 Å². The zero-order valence-corrected chi connectivity index (χ0v) is 11.0. The Labute approximate surface area is 111 Å². The van der Waals surface area contributed by atoms with Gasteiger partial charge >= 0.3 is 0 Å². The number of phenols is 2. The summed E-state index contributed by atoms with van der Waals surface area (Å²) in [5, 5.41) is 23.9. The van der Waals surface area contributed by atoms with Crippen LogP contribution in [0.1, 0.15) is 25.3 Å². The van der Waals surface area contributed by atoms with Gasteiger partial charge in [-0.3, -0.25) is 0 Å². The molecule has 96 valence electrons. The van der Waals surface area contributed by atoms with Crippen LogP contribution in [0.4, 0.5) is 0 Å². The average Bonchev–Trinajstić information content (AvgIpc) is 2.41. The Balaban J connectivity index is 2.58. The molecule has 3 aromatic carbocycles. The van der Waals surface area contributed by atoms with Crippen molar-refractivity contribution in [2.45, 2.75) is 19.8 Å². The fourth-order valence-corrected chi connectivity index (χ4v) is 2.67. The van der Waals surface area contributed by atoms with Gasteiger partial charge in [-0.05, 0) is 33.7 Å². The zero-order chi connectivity index (χ0) is 13.6. The lowest BCUT2D eigenvalue weighted by atomic mass is 9.92. The quantitative estimate of drug-likeness (QED) is 0.493. The predicted molar refractivity (Wildman–Crippen MR) is 78.9 cm³/mol. The van der Waals surface area contributed by atoms with Crippen LogP contribution in [0.3, 0.4) is 0 Å². The number of hydrogen-bond donors (Lipinski definition) is 2. The van der Waals surface area contributed by atoms with Gasteiger partial charge in [0.2, 0.25) is 0 Å². The van der Waals surface area contributed by atoms with Gasteiger partial charge < -0.3 is 10.2 Å². The summed E-state index contributed by atoms with van der Waals surface area (Å²) in [5.74, 6) is 0.207. The zero-order valence-electron chi connectivity index (χ0n) is 11.0. The second kappa shape index (κ2) is 4.16. The van der Waals surface area contributed by atoms with Gasteiger partial charge in [-0.2, -0.15) is 0 Å². The summed E-state index contributed by atoms with van der Waals surface area (Å²) in [7, 11) is 0. The summed E-state index contributed by atoms with van der Waals surface area (Å²) in [6.07, 6.45) is 0. The molecule has 2 N–H and O–H groups in total. The molecular formula is C17H16O2. The highest BCUT2D eigenvalue weighted by Gasteiger charge is 2.15. The van der Waals surface area contributed by atoms with Gasteiger partial charge in [0, 0.05) is 5.39 Å². The fraction of sp³-hybridized carbons (Fsp3) is 0.176. The molecule has 0 amide bonds. The third-order valence-electron chi connectivity index (χ3n) is 3.63. The Morgan fingerprint density at radius 1 is 0.895 bits per heavy atom. The van der Waals surface area contributed by atoms with Crippen LogP contribution in [-0.4, -0.2) is 10.2 Å². The van der Waals surface area contributed by atoms with Crippen LogP contribution in [-0.2, 0) is 0 Å². The lowest BCUT2D eigenvalue weighted by Crippen LogP contribution is -1.91. The second-order valence-electron chi connectivity index (χ2n) is 5.20. The first kappa shape index (κ1) is 11.8. The van der Waals surface area contributed by atoms with E-state index in [4.69, 9.17) is 0 Å². The molecule has 0 aromatic heterocycles. The number of phenolic OH excluding ortho intramolecular Hbond substituents is 2. The SMILES string of the molecule is CC(C)c1cc(O)c(O)c2c1ccc1ccccc12. The topological polar surface area (TPSA) is 40.5 Å². The molecule has 3 rings (SSSR count). The third-order valence-corrected chi connectivity index (χ3v) is 3.63. The van der Waals surface area contributed by atoms with E-state index in [0.717, 1.165) is 27.1 Å². The minimum atomic E-state index is -0.0486. The summed E-state index contributed by atoms with van der Waals surface area (Å²) in [6, 6.07) is 13.6. The van der Waals surface area contributed by atoms with Gasteiger partial charge in [0.25, 0.3) is 0 Å². The molecule has 0 saturated carbocycles. The van der Waals surface area contributed by atoms with Crippen molar-refractivity contribution >= 4 is 21.5 Å². The first-order chi connectivity index (χ1) is 9.09. The molecule has 19 heavy (non-hydrogen) atoms. The molecule has 0 saturated heterocycles. The van der Waals surface area contributed by atoms with Gasteiger partial charge in [0.05, 0.1) is 0 Å². The Kier molecular flexibility index (Phi) is 2.59. The second-order valence-corrected chi connectivity index (χ2v) is 5.20. The maximum absolute atomic E-state index is 10.2. The van der Waals surface area contributed by atoms with E-state index in [0.29, 0.717) is 0 Å². The Morgan fingerprint density at radius 3 is 2.37 bits per heavy atom. The minimum Gasteiger partial charge on any atom is -0.504 e. The predicted octanol–water partition coefficient (Wildman–Crippen LogP) is 4.53. The fourth-order valence-electron chi connectivity index (χ4n) is 2.67. The van der Waals surface area contributed by atoms with Gasteiger partial charge in [-0.15, -0.1) is 0 Å². The maximum Gasteiger partial charge on any atom is 0.166 e. The van der Waals surface area contributed by atoms with Crippen molar-refractivity contribution in [1.82, 2.24) is 0 Å². The lowest BCUT2D eigenvalue weighted by Gasteiger charge is -2.14. The minimum absolute atomic E-state index is 0.0313. The lowest BCUT2D eigenvalue weighted by molar-refractivity contribution is 0.407. The van der Waals surface area contributed by atoms with E-state index in [1.165, 1.54) is 0 Å². The molecule has 0 heterocycles. The summed E-state index contributed by atoms with van der Waals surface area (Å²) >= 11 is 0. The normalized spacial score (nSPS) is 11.5. The van der Waals surface area contributed by atoms with Gasteiger partial charge in [-0.1, -0.05) is 50.2 Å². The van der Waals surface area contributed by atoms with Crippen molar-refractivity contribution in [3.63, 3.8) is 0 Å². The van der Waals surface area contributed by atoms with Gasteiger partial charge in [0.1, 0.15) is 0 Å². The maximum atomic E-state index is 10.2. The van der Waals surface area contributed by atoms with E-state index in [1.807, 2.05) is 30.3 Å². The number of aromatic hydroxyl groups is 2. The number of benzene rings is 3. The molecule has 0 aliphatic heterocycles. The van der Waals surface area contributed by atoms with E-state index >= 15 is 0 Å². The third kappa shape index (κ3) is 1.72. The van der Waals surface area contributed by atoms with Crippen molar-refractivity contribution in [2.75, 3.05) is 0 Å². The van der Waals surface area contributed by atoms with Crippen LogP contribution in [0, 0.1) is 0 Å². The molecule has 3 aromatic rings. The molecule has 0 radical (unpaired) electrons. The van der Waals surface area contributed by atoms with Crippen LogP contribution >= 0.6 is 0 Å². The smallest absolute Gasteiger partial charge is 0.166 e. The van der Waals surface area contributed by atoms with Gasteiger partial charge in [-0.25, -0.2) is 0 Å². The summed E-state index contributed by atoms with van der Waals surface area (Å²) in [6.45, 7) is 4.17. The first-order valence-electron chi connectivity index (χ1n) is 6.46. The molecule has 0 aliphatic carbocycles. The van der Waals surface area contributed by atoms with Gasteiger partial charge in [0.15, 0.2) is 11.5 Å². The highest BCUT2D eigenvalue weighted by Crippen LogP contribution is 2.42. The standard InChI is InChI=1S/C17H16O2/c1-10(2)14-9-15(18)17(19)16-12-6-4-3-5-11(12)7-8-13(14)16/h3-10,18-19H,1-2H3. The Bertz CT molecular complexity index is 773. The van der Waals surface area contributed by atoms with Crippen LogP contribution in [0.25, 0.3) is 21.5 Å². The average molecular weight is 252 g/mol. The molecular weight excluding hydrogens is 236 g/mol. The van der Waals surface area contributed by atoms with Crippen molar-refractivity contribution in [1.29, 1.82) is 0 Å². The molecule has 0 bridgehead atoms. The largest absolute Gasteiger partial charge is 0.504 e. The molecule has 2 nitrogen and oxygen atoms in total. The summed E-state index contributed by atoms with van der Waals surface area (Å²) in [4.78, 5) is 0. The van der Waals surface area contributed by atoms with Crippen molar-refractivity contribution in [2.24, 2.45) is 0 Å². The molecule has 0 unspecified atom stereocenters. The highest BCUT2D eigenvalue weighted by atomic mass is 16.3. The van der Waals surface area contributed by atoms with Crippen LogP contribution in [0.2, 0.25) is 0 Å². The first-order valence-corrected chi connectivity index (χ1v) is 6.46. The molecule has 0 atom stereocenters. The summed E-state index contributed by atoms with van der Waals surface area (Å²) < 4.78 is 0. The number of rotatable bonds is 1. The molecule has 0 spiro atoms. The van der Waals surface area contributed by atoms with E-state index in [2.05, 4.69) is 19.9 Å². The van der Waals surface area contributed by atoms with Crippen molar-refractivity contribution in [3.8, 4) is 11.5 Å². The number of fused-ring (bicyclic) bond motifs is 3. The molecule has 0 fully saturated rings. The van der Waals surface area contributed by atoms with E-state index in [9.17, 15) is 10.2 Å². The molecule has 2 heteroatoms. The van der Waals surface area contributed by atoms with E-state index in [-0.39, 0.29) is 17.4 Å². The van der Waals surface area contributed by atoms with Crippen molar-refractivity contribution in [3.05, 3.63) is 48.0 Å². The monoisotopic (exact) mass is 252 g/mol. The Morgan fingerprint density at radius 2 is 1.63 bits per heavy atom. The number of hydrogen-bond acceptors (Lipinski definition) is 2. The van der Waals surface area contributed by atoms with Crippen LogP contribution in [0.15, 0.2) is 42.5 Å². The van der Waals surface area contributed by atoms with E-state index < -0.39 is 0 Å². The Hall–Kier alpha value is -2.22. The highest BCUT2D eigenvalue weighted by molar-refractivity contribution is 6.12. The summed E-state index contributed by atoms with van der Waals surface area (Å²) in [5.41, 5.74) is 1.05. The molecule has 0 aliphatic rings.